The van der Waals surface area contributed by atoms with Crippen LogP contribution in [0.2, 0.25) is 5.02 Å². The Morgan fingerprint density at radius 3 is 2.05 bits per heavy atom. The number of rotatable bonds is 5. The summed E-state index contributed by atoms with van der Waals surface area (Å²) in [5.74, 6) is 0. The molecular formula is C10H13Cl2NO4S2. The van der Waals surface area contributed by atoms with Gasteiger partial charge in [0.05, 0.1) is 9.92 Å². The van der Waals surface area contributed by atoms with E-state index in [0.717, 1.165) is 6.07 Å². The maximum Gasteiger partial charge on any atom is 0.262 e. The van der Waals surface area contributed by atoms with Gasteiger partial charge >= 0.3 is 0 Å². The lowest BCUT2D eigenvalue weighted by Gasteiger charge is -2.18. The molecule has 0 bridgehead atoms. The van der Waals surface area contributed by atoms with E-state index in [1.165, 1.54) is 16.4 Å². The largest absolute Gasteiger partial charge is 0.262 e. The Labute approximate surface area is 122 Å². The third-order valence-electron chi connectivity index (χ3n) is 2.51. The van der Waals surface area contributed by atoms with Gasteiger partial charge < -0.3 is 0 Å². The van der Waals surface area contributed by atoms with Crippen LogP contribution in [0.4, 0.5) is 0 Å². The van der Waals surface area contributed by atoms with Crippen molar-refractivity contribution in [2.24, 2.45) is 0 Å². The normalized spacial score (nSPS) is 12.9. The summed E-state index contributed by atoms with van der Waals surface area (Å²) in [4.78, 5) is -0.566. The van der Waals surface area contributed by atoms with Crippen LogP contribution in [-0.4, -0.2) is 34.2 Å². The highest BCUT2D eigenvalue weighted by molar-refractivity contribution is 8.13. The van der Waals surface area contributed by atoms with Crippen LogP contribution in [0, 0.1) is 0 Å². The average Bonchev–Trinajstić information content (AvgIpc) is 2.28. The van der Waals surface area contributed by atoms with Gasteiger partial charge in [-0.2, -0.15) is 4.31 Å². The Kier molecular flexibility index (Phi) is 5.25. The van der Waals surface area contributed by atoms with Crippen molar-refractivity contribution in [3.8, 4) is 0 Å². The summed E-state index contributed by atoms with van der Waals surface area (Å²) in [6.07, 6.45) is 0. The van der Waals surface area contributed by atoms with Crippen molar-refractivity contribution in [2.45, 2.75) is 23.6 Å². The van der Waals surface area contributed by atoms with Crippen molar-refractivity contribution in [1.29, 1.82) is 0 Å². The van der Waals surface area contributed by atoms with Gasteiger partial charge in [0.2, 0.25) is 10.0 Å². The number of hydrogen-bond acceptors (Lipinski definition) is 4. The first kappa shape index (κ1) is 16.7. The molecule has 1 rings (SSSR count). The molecule has 0 aliphatic heterocycles. The van der Waals surface area contributed by atoms with E-state index < -0.39 is 24.0 Å². The summed E-state index contributed by atoms with van der Waals surface area (Å²) < 4.78 is 48.3. The van der Waals surface area contributed by atoms with Crippen molar-refractivity contribution < 1.29 is 16.8 Å². The Balaban J connectivity index is 3.47. The number of halogens is 2. The first-order valence-electron chi connectivity index (χ1n) is 5.39. The number of sulfonamides is 1. The molecule has 0 heterocycles. The molecule has 0 saturated carbocycles. The van der Waals surface area contributed by atoms with E-state index in [0.29, 0.717) is 0 Å². The van der Waals surface area contributed by atoms with Gasteiger partial charge in [-0.1, -0.05) is 25.4 Å². The van der Waals surface area contributed by atoms with Crippen LogP contribution in [0.15, 0.2) is 28.0 Å². The predicted molar refractivity (Wildman–Crippen MR) is 74.6 cm³/mol. The number of nitrogens with zero attached hydrogens (tertiary/aromatic N) is 1. The number of benzene rings is 1. The van der Waals surface area contributed by atoms with Gasteiger partial charge in [-0.05, 0) is 18.2 Å². The second kappa shape index (κ2) is 5.97. The standard InChI is InChI=1S/C10H13Cl2NO4S2/c1-3-13(4-2)19(16,17)8-5-6-9(11)10(7-8)18(12,14)15/h5-7H,3-4H2,1-2H3. The van der Waals surface area contributed by atoms with Crippen LogP contribution in [0.3, 0.4) is 0 Å². The van der Waals surface area contributed by atoms with E-state index in [2.05, 4.69) is 0 Å². The molecule has 0 aromatic heterocycles. The summed E-state index contributed by atoms with van der Waals surface area (Å²) in [5.41, 5.74) is 0. The third-order valence-corrected chi connectivity index (χ3v) is 6.36. The molecule has 0 atom stereocenters. The lowest BCUT2D eigenvalue weighted by Crippen LogP contribution is -2.30. The van der Waals surface area contributed by atoms with Gasteiger partial charge in [-0.15, -0.1) is 0 Å². The van der Waals surface area contributed by atoms with Crippen molar-refractivity contribution in [3.05, 3.63) is 23.2 Å². The summed E-state index contributed by atoms with van der Waals surface area (Å²) in [5, 5.41) is -0.117. The fraction of sp³-hybridized carbons (Fsp3) is 0.400. The lowest BCUT2D eigenvalue weighted by molar-refractivity contribution is 0.445. The molecule has 1 aromatic rings. The van der Waals surface area contributed by atoms with Gasteiger partial charge in [0.25, 0.3) is 9.05 Å². The second-order valence-electron chi connectivity index (χ2n) is 3.62. The molecule has 1 aromatic carbocycles. The minimum absolute atomic E-state index is 0.117. The van der Waals surface area contributed by atoms with E-state index in [-0.39, 0.29) is 23.0 Å². The molecular weight excluding hydrogens is 333 g/mol. The second-order valence-corrected chi connectivity index (χ2v) is 8.50. The van der Waals surface area contributed by atoms with Crippen LogP contribution in [0.5, 0.6) is 0 Å². The van der Waals surface area contributed by atoms with Gasteiger partial charge in [0.15, 0.2) is 0 Å². The molecule has 5 nitrogen and oxygen atoms in total. The fourth-order valence-corrected chi connectivity index (χ4v) is 4.60. The molecule has 0 unspecified atom stereocenters. The molecule has 9 heteroatoms. The van der Waals surface area contributed by atoms with Gasteiger partial charge in [-0.25, -0.2) is 16.8 Å². The fourth-order valence-electron chi connectivity index (χ4n) is 1.54. The van der Waals surface area contributed by atoms with Crippen molar-refractivity contribution in [2.75, 3.05) is 13.1 Å². The molecule has 0 radical (unpaired) electrons. The minimum Gasteiger partial charge on any atom is -0.207 e. The first-order chi connectivity index (χ1) is 8.64. The van der Waals surface area contributed by atoms with Crippen molar-refractivity contribution in [3.63, 3.8) is 0 Å². The van der Waals surface area contributed by atoms with Gasteiger partial charge in [-0.3, -0.25) is 0 Å². The van der Waals surface area contributed by atoms with Crippen LogP contribution >= 0.6 is 22.3 Å². The topological polar surface area (TPSA) is 71.5 Å². The smallest absolute Gasteiger partial charge is 0.207 e. The molecule has 0 amide bonds. The Hall–Kier alpha value is -0.340. The highest BCUT2D eigenvalue weighted by Gasteiger charge is 2.25. The molecule has 0 fully saturated rings. The van der Waals surface area contributed by atoms with Gasteiger partial charge in [0, 0.05) is 23.8 Å². The highest BCUT2D eigenvalue weighted by atomic mass is 35.7. The average molecular weight is 346 g/mol. The van der Waals surface area contributed by atoms with Crippen LogP contribution in [0.25, 0.3) is 0 Å². The summed E-state index contributed by atoms with van der Waals surface area (Å²) in [7, 11) is -2.63. The molecule has 0 spiro atoms. The van der Waals surface area contributed by atoms with E-state index >= 15 is 0 Å². The van der Waals surface area contributed by atoms with E-state index in [4.69, 9.17) is 22.3 Å². The van der Waals surface area contributed by atoms with Gasteiger partial charge in [0.1, 0.15) is 4.90 Å². The van der Waals surface area contributed by atoms with Crippen molar-refractivity contribution in [1.82, 2.24) is 4.31 Å². The Bertz CT molecular complexity index is 667. The zero-order valence-electron chi connectivity index (χ0n) is 10.3. The molecule has 0 aliphatic rings. The maximum absolute atomic E-state index is 12.2. The molecule has 19 heavy (non-hydrogen) atoms. The molecule has 108 valence electrons. The van der Waals surface area contributed by atoms with E-state index in [1.807, 2.05) is 0 Å². The maximum atomic E-state index is 12.2. The minimum atomic E-state index is -4.10. The predicted octanol–water partition coefficient (Wildman–Crippen LogP) is 2.30. The Morgan fingerprint density at radius 1 is 1.11 bits per heavy atom. The molecule has 0 N–H and O–H groups in total. The zero-order valence-corrected chi connectivity index (χ0v) is 13.4. The molecule has 0 aliphatic carbocycles. The molecule has 0 saturated heterocycles. The SMILES string of the molecule is CCN(CC)S(=O)(=O)c1ccc(Cl)c(S(=O)(=O)Cl)c1. The third kappa shape index (κ3) is 3.61. The van der Waals surface area contributed by atoms with E-state index in [1.54, 1.807) is 13.8 Å². The highest BCUT2D eigenvalue weighted by Crippen LogP contribution is 2.28. The summed E-state index contributed by atoms with van der Waals surface area (Å²) in [6, 6.07) is 3.42. The van der Waals surface area contributed by atoms with Crippen LogP contribution < -0.4 is 0 Å². The summed E-state index contributed by atoms with van der Waals surface area (Å²) in [6.45, 7) is 3.95. The Morgan fingerprint density at radius 2 is 1.63 bits per heavy atom. The number of hydrogen-bond donors (Lipinski definition) is 0. The van der Waals surface area contributed by atoms with Crippen LogP contribution in [0.1, 0.15) is 13.8 Å². The summed E-state index contributed by atoms with van der Waals surface area (Å²) >= 11 is 5.71. The van der Waals surface area contributed by atoms with E-state index in [9.17, 15) is 16.8 Å². The monoisotopic (exact) mass is 345 g/mol. The van der Waals surface area contributed by atoms with Crippen LogP contribution in [-0.2, 0) is 19.1 Å². The van der Waals surface area contributed by atoms with Crippen molar-refractivity contribution >= 4 is 41.4 Å². The quantitative estimate of drug-likeness (QED) is 0.767. The zero-order chi connectivity index (χ0) is 14.8. The lowest BCUT2D eigenvalue weighted by atomic mass is 10.4. The first-order valence-corrected chi connectivity index (χ1v) is 9.51.